The number of aryl methyl sites for hydroxylation is 1. The van der Waals surface area contributed by atoms with Gasteiger partial charge in [-0.15, -0.1) is 11.3 Å². The zero-order chi connectivity index (χ0) is 16.1. The number of piperazine rings is 1. The van der Waals surface area contributed by atoms with Gasteiger partial charge in [0.05, 0.1) is 17.3 Å². The van der Waals surface area contributed by atoms with Crippen LogP contribution in [0.3, 0.4) is 0 Å². The van der Waals surface area contributed by atoms with Crippen LogP contribution in [-0.4, -0.2) is 49.2 Å². The molecular weight excluding hydrogens is 308 g/mol. The number of aromatic nitrogens is 1. The van der Waals surface area contributed by atoms with Gasteiger partial charge >= 0.3 is 0 Å². The quantitative estimate of drug-likeness (QED) is 0.844. The summed E-state index contributed by atoms with van der Waals surface area (Å²) in [6.45, 7) is 7.66. The molecule has 0 spiro atoms. The lowest BCUT2D eigenvalue weighted by atomic mass is 10.2. The van der Waals surface area contributed by atoms with Gasteiger partial charge in [-0.05, 0) is 25.1 Å². The average molecular weight is 328 g/mol. The molecular formula is C17H20N4OS. The van der Waals surface area contributed by atoms with E-state index in [0.29, 0.717) is 12.2 Å². The fourth-order valence-electron chi connectivity index (χ4n) is 2.60. The summed E-state index contributed by atoms with van der Waals surface area (Å²) in [5.74, 6) is 0.765. The number of ether oxygens (including phenoxy) is 1. The summed E-state index contributed by atoms with van der Waals surface area (Å²) < 4.78 is 5.75. The molecule has 5 nitrogen and oxygen atoms in total. The number of hydrogen-bond acceptors (Lipinski definition) is 6. The molecule has 2 heterocycles. The second kappa shape index (κ2) is 7.44. The van der Waals surface area contributed by atoms with E-state index in [1.807, 2.05) is 19.1 Å². The largest absolute Gasteiger partial charge is 0.492 e. The molecule has 1 aromatic heterocycles. The molecule has 1 aromatic carbocycles. The Morgan fingerprint density at radius 1 is 1.30 bits per heavy atom. The van der Waals surface area contributed by atoms with Gasteiger partial charge in [0.1, 0.15) is 12.4 Å². The molecule has 120 valence electrons. The lowest BCUT2D eigenvalue weighted by Crippen LogP contribution is -2.47. The van der Waals surface area contributed by atoms with Crippen molar-refractivity contribution >= 4 is 16.5 Å². The molecule has 0 saturated carbocycles. The lowest BCUT2D eigenvalue weighted by molar-refractivity contribution is 0.200. The Hall–Kier alpha value is -2.10. The van der Waals surface area contributed by atoms with Crippen LogP contribution in [0, 0.1) is 18.3 Å². The smallest absolute Gasteiger partial charge is 0.185 e. The van der Waals surface area contributed by atoms with Gasteiger partial charge in [0.15, 0.2) is 5.13 Å². The molecule has 0 amide bonds. The zero-order valence-corrected chi connectivity index (χ0v) is 14.1. The van der Waals surface area contributed by atoms with Crippen LogP contribution in [0.2, 0.25) is 0 Å². The second-order valence-corrected chi connectivity index (χ2v) is 6.42. The summed E-state index contributed by atoms with van der Waals surface area (Å²) in [5.41, 5.74) is 1.73. The van der Waals surface area contributed by atoms with Crippen molar-refractivity contribution in [1.29, 1.82) is 5.26 Å². The average Bonchev–Trinajstić information content (AvgIpc) is 3.02. The fraction of sp³-hybridized carbons (Fsp3) is 0.412. The van der Waals surface area contributed by atoms with E-state index in [9.17, 15) is 0 Å². The van der Waals surface area contributed by atoms with Gasteiger partial charge in [-0.25, -0.2) is 4.98 Å². The Labute approximate surface area is 140 Å². The highest BCUT2D eigenvalue weighted by molar-refractivity contribution is 7.13. The monoisotopic (exact) mass is 328 g/mol. The first-order chi connectivity index (χ1) is 11.2. The van der Waals surface area contributed by atoms with Gasteiger partial charge in [-0.1, -0.05) is 6.07 Å². The molecule has 2 aromatic rings. The number of thiazole rings is 1. The molecule has 1 fully saturated rings. The van der Waals surface area contributed by atoms with E-state index in [-0.39, 0.29) is 0 Å². The normalized spacial score (nSPS) is 15.4. The van der Waals surface area contributed by atoms with E-state index < -0.39 is 0 Å². The van der Waals surface area contributed by atoms with Crippen LogP contribution < -0.4 is 9.64 Å². The minimum absolute atomic E-state index is 0.634. The summed E-state index contributed by atoms with van der Waals surface area (Å²) in [5, 5.41) is 12.1. The molecule has 0 aliphatic carbocycles. The minimum atomic E-state index is 0.634. The lowest BCUT2D eigenvalue weighted by Gasteiger charge is -2.34. The molecule has 0 atom stereocenters. The van der Waals surface area contributed by atoms with Crippen molar-refractivity contribution in [3.63, 3.8) is 0 Å². The molecule has 1 aliphatic rings. The predicted molar refractivity (Wildman–Crippen MR) is 92.2 cm³/mol. The van der Waals surface area contributed by atoms with Crippen LogP contribution in [0.25, 0.3) is 0 Å². The molecule has 6 heteroatoms. The number of hydrogen-bond donors (Lipinski definition) is 0. The third-order valence-corrected chi connectivity index (χ3v) is 4.91. The minimum Gasteiger partial charge on any atom is -0.492 e. The number of benzene rings is 1. The number of nitriles is 1. The molecule has 0 unspecified atom stereocenters. The van der Waals surface area contributed by atoms with E-state index in [0.717, 1.165) is 49.3 Å². The highest BCUT2D eigenvalue weighted by Crippen LogP contribution is 2.21. The molecule has 1 saturated heterocycles. The molecule has 3 rings (SSSR count). The summed E-state index contributed by atoms with van der Waals surface area (Å²) in [7, 11) is 0. The highest BCUT2D eigenvalue weighted by Gasteiger charge is 2.18. The first-order valence-corrected chi connectivity index (χ1v) is 8.65. The fourth-order valence-corrected chi connectivity index (χ4v) is 3.45. The van der Waals surface area contributed by atoms with Gasteiger partial charge in [-0.3, -0.25) is 4.90 Å². The van der Waals surface area contributed by atoms with Crippen molar-refractivity contribution in [1.82, 2.24) is 9.88 Å². The van der Waals surface area contributed by atoms with E-state index in [1.54, 1.807) is 23.5 Å². The number of rotatable bonds is 5. The highest BCUT2D eigenvalue weighted by atomic mass is 32.1. The van der Waals surface area contributed by atoms with Gasteiger partial charge in [0.25, 0.3) is 0 Å². The standard InChI is InChI=1S/C17H20N4OS/c1-14-13-23-17(19-14)21-7-5-20(6-8-21)9-10-22-16-4-2-3-15(11-16)12-18/h2-4,11,13H,5-10H2,1H3. The van der Waals surface area contributed by atoms with E-state index >= 15 is 0 Å². The van der Waals surface area contributed by atoms with Crippen molar-refractivity contribution in [2.24, 2.45) is 0 Å². The van der Waals surface area contributed by atoms with E-state index in [2.05, 4.69) is 26.2 Å². The number of nitrogens with zero attached hydrogens (tertiary/aromatic N) is 4. The van der Waals surface area contributed by atoms with Gasteiger partial charge in [-0.2, -0.15) is 5.26 Å². The topological polar surface area (TPSA) is 52.4 Å². The van der Waals surface area contributed by atoms with Crippen LogP contribution >= 0.6 is 11.3 Å². The second-order valence-electron chi connectivity index (χ2n) is 5.59. The Morgan fingerprint density at radius 3 is 2.83 bits per heavy atom. The SMILES string of the molecule is Cc1csc(N2CCN(CCOc3cccc(C#N)c3)CC2)n1. The first-order valence-electron chi connectivity index (χ1n) is 7.77. The van der Waals surface area contributed by atoms with Crippen molar-refractivity contribution < 1.29 is 4.74 Å². The third kappa shape index (κ3) is 4.21. The number of anilines is 1. The van der Waals surface area contributed by atoms with Crippen molar-refractivity contribution in [3.05, 3.63) is 40.9 Å². The third-order valence-electron chi connectivity index (χ3n) is 3.89. The Kier molecular flexibility index (Phi) is 5.11. The van der Waals surface area contributed by atoms with Crippen LogP contribution in [0.15, 0.2) is 29.6 Å². The van der Waals surface area contributed by atoms with Crippen LogP contribution in [-0.2, 0) is 0 Å². The first kappa shape index (κ1) is 15.8. The molecule has 23 heavy (non-hydrogen) atoms. The summed E-state index contributed by atoms with van der Waals surface area (Å²) in [6.07, 6.45) is 0. The molecule has 0 bridgehead atoms. The summed E-state index contributed by atoms with van der Waals surface area (Å²) in [6, 6.07) is 9.44. The van der Waals surface area contributed by atoms with Gasteiger partial charge in [0, 0.05) is 38.1 Å². The van der Waals surface area contributed by atoms with E-state index in [1.165, 1.54) is 0 Å². The van der Waals surface area contributed by atoms with Crippen molar-refractivity contribution in [2.45, 2.75) is 6.92 Å². The van der Waals surface area contributed by atoms with Crippen molar-refractivity contribution in [2.75, 3.05) is 44.2 Å². The molecule has 1 aliphatic heterocycles. The zero-order valence-electron chi connectivity index (χ0n) is 13.2. The Morgan fingerprint density at radius 2 is 2.13 bits per heavy atom. The van der Waals surface area contributed by atoms with Crippen LogP contribution in [0.4, 0.5) is 5.13 Å². The van der Waals surface area contributed by atoms with Crippen LogP contribution in [0.1, 0.15) is 11.3 Å². The summed E-state index contributed by atoms with van der Waals surface area (Å²) >= 11 is 1.72. The maximum Gasteiger partial charge on any atom is 0.185 e. The summed E-state index contributed by atoms with van der Waals surface area (Å²) in [4.78, 5) is 9.31. The molecule has 0 radical (unpaired) electrons. The maximum atomic E-state index is 8.89. The predicted octanol–water partition coefficient (Wildman–Crippen LogP) is 2.52. The van der Waals surface area contributed by atoms with Gasteiger partial charge < -0.3 is 9.64 Å². The molecule has 0 N–H and O–H groups in total. The Bertz CT molecular complexity index is 686. The van der Waals surface area contributed by atoms with Crippen molar-refractivity contribution in [3.8, 4) is 11.8 Å². The van der Waals surface area contributed by atoms with Gasteiger partial charge in [0.2, 0.25) is 0 Å². The van der Waals surface area contributed by atoms with Crippen LogP contribution in [0.5, 0.6) is 5.75 Å². The Balaban J connectivity index is 1.41. The van der Waals surface area contributed by atoms with E-state index in [4.69, 9.17) is 10.00 Å². The maximum absolute atomic E-state index is 8.89.